The molecule has 0 aliphatic carbocycles. The van der Waals surface area contributed by atoms with E-state index in [1.165, 1.54) is 0 Å². The first kappa shape index (κ1) is 14.5. The van der Waals surface area contributed by atoms with Gasteiger partial charge in [-0.2, -0.15) is 4.98 Å². The Labute approximate surface area is 123 Å². The van der Waals surface area contributed by atoms with E-state index >= 15 is 0 Å². The van der Waals surface area contributed by atoms with Gasteiger partial charge in [-0.3, -0.25) is 0 Å². The van der Waals surface area contributed by atoms with Crippen LogP contribution in [0.3, 0.4) is 0 Å². The van der Waals surface area contributed by atoms with Gasteiger partial charge in [-0.25, -0.2) is 9.59 Å². The van der Waals surface area contributed by atoms with Crippen LogP contribution in [0, 0.1) is 0 Å². The maximum atomic E-state index is 11.7. The molecule has 0 fully saturated rings. The highest BCUT2D eigenvalue weighted by atomic mass is 79.9. The standard InChI is InChI=1S/C14H13BrN2O3/c1-7(2)11-10(13(18)19)12(17-14(20)16-11)8-5-3-4-6-9(8)15/h3-7H,1-2H3,(H,18,19)(H,16,17,20). The van der Waals surface area contributed by atoms with E-state index in [-0.39, 0.29) is 17.2 Å². The lowest BCUT2D eigenvalue weighted by Gasteiger charge is -2.13. The van der Waals surface area contributed by atoms with E-state index in [4.69, 9.17) is 0 Å². The molecule has 0 saturated heterocycles. The number of halogens is 1. The number of nitrogens with zero attached hydrogens (tertiary/aromatic N) is 1. The first-order valence-electron chi connectivity index (χ1n) is 6.04. The lowest BCUT2D eigenvalue weighted by atomic mass is 9.99. The van der Waals surface area contributed by atoms with Crippen molar-refractivity contribution < 1.29 is 9.90 Å². The second kappa shape index (κ2) is 5.58. The van der Waals surface area contributed by atoms with Crippen LogP contribution in [-0.4, -0.2) is 21.0 Å². The van der Waals surface area contributed by atoms with Gasteiger partial charge in [0.05, 0.1) is 5.69 Å². The second-order valence-electron chi connectivity index (χ2n) is 4.62. The summed E-state index contributed by atoms with van der Waals surface area (Å²) in [6, 6.07) is 7.08. The summed E-state index contributed by atoms with van der Waals surface area (Å²) in [6.07, 6.45) is 0. The molecule has 5 nitrogen and oxygen atoms in total. The molecule has 1 heterocycles. The van der Waals surface area contributed by atoms with Gasteiger partial charge in [0, 0.05) is 15.7 Å². The van der Waals surface area contributed by atoms with Crippen molar-refractivity contribution in [3.8, 4) is 11.3 Å². The fourth-order valence-corrected chi connectivity index (χ4v) is 2.46. The molecule has 20 heavy (non-hydrogen) atoms. The third-order valence-corrected chi connectivity index (χ3v) is 3.57. The van der Waals surface area contributed by atoms with Crippen molar-refractivity contribution in [2.24, 2.45) is 0 Å². The number of aromatic amines is 1. The summed E-state index contributed by atoms with van der Waals surface area (Å²) in [5, 5.41) is 9.46. The molecule has 0 aliphatic rings. The Kier molecular flexibility index (Phi) is 4.04. The molecular formula is C14H13BrN2O3. The molecule has 0 aliphatic heterocycles. The maximum absolute atomic E-state index is 11.7. The van der Waals surface area contributed by atoms with Gasteiger partial charge in [-0.1, -0.05) is 48.0 Å². The number of carbonyl (C=O) groups is 1. The first-order valence-corrected chi connectivity index (χ1v) is 6.83. The molecule has 6 heteroatoms. The molecule has 2 N–H and O–H groups in total. The SMILES string of the molecule is CC(C)c1[nH]c(=O)nc(-c2ccccc2Br)c1C(=O)O. The van der Waals surface area contributed by atoms with Gasteiger partial charge < -0.3 is 10.1 Å². The maximum Gasteiger partial charge on any atom is 0.345 e. The van der Waals surface area contributed by atoms with Crippen molar-refractivity contribution in [3.05, 3.63) is 50.5 Å². The van der Waals surface area contributed by atoms with Crippen LogP contribution in [0.25, 0.3) is 11.3 Å². The molecule has 2 rings (SSSR count). The van der Waals surface area contributed by atoms with Gasteiger partial charge in [0.15, 0.2) is 0 Å². The molecule has 0 bridgehead atoms. The number of aromatic carboxylic acids is 1. The molecule has 0 spiro atoms. The van der Waals surface area contributed by atoms with Crippen molar-refractivity contribution in [1.29, 1.82) is 0 Å². The van der Waals surface area contributed by atoms with E-state index in [1.54, 1.807) is 18.2 Å². The molecule has 2 aromatic rings. The quantitative estimate of drug-likeness (QED) is 0.902. The zero-order chi connectivity index (χ0) is 14.9. The summed E-state index contributed by atoms with van der Waals surface area (Å²) in [4.78, 5) is 29.6. The number of benzene rings is 1. The number of carboxylic acids is 1. The highest BCUT2D eigenvalue weighted by molar-refractivity contribution is 9.10. The largest absolute Gasteiger partial charge is 0.478 e. The Bertz CT molecular complexity index is 723. The molecular weight excluding hydrogens is 324 g/mol. The van der Waals surface area contributed by atoms with E-state index in [0.29, 0.717) is 15.7 Å². The van der Waals surface area contributed by atoms with Crippen LogP contribution in [-0.2, 0) is 0 Å². The lowest BCUT2D eigenvalue weighted by molar-refractivity contribution is 0.0695. The number of aromatic nitrogens is 2. The van der Waals surface area contributed by atoms with Crippen molar-refractivity contribution in [2.45, 2.75) is 19.8 Å². The van der Waals surface area contributed by atoms with Crippen LogP contribution in [0.15, 0.2) is 33.5 Å². The van der Waals surface area contributed by atoms with Gasteiger partial charge in [-0.15, -0.1) is 0 Å². The van der Waals surface area contributed by atoms with Gasteiger partial charge in [0.25, 0.3) is 0 Å². The van der Waals surface area contributed by atoms with Crippen LogP contribution < -0.4 is 5.69 Å². The Hall–Kier alpha value is -1.95. The molecule has 0 radical (unpaired) electrons. The highest BCUT2D eigenvalue weighted by Gasteiger charge is 2.22. The number of hydrogen-bond acceptors (Lipinski definition) is 3. The minimum Gasteiger partial charge on any atom is -0.478 e. The third kappa shape index (κ3) is 2.65. The van der Waals surface area contributed by atoms with E-state index in [9.17, 15) is 14.7 Å². The summed E-state index contributed by atoms with van der Waals surface area (Å²) < 4.78 is 0.690. The minimum atomic E-state index is -1.11. The normalized spacial score (nSPS) is 10.8. The van der Waals surface area contributed by atoms with Gasteiger partial charge in [-0.05, 0) is 12.0 Å². The van der Waals surface area contributed by atoms with E-state index in [2.05, 4.69) is 25.9 Å². The van der Waals surface area contributed by atoms with E-state index in [1.807, 2.05) is 19.9 Å². The van der Waals surface area contributed by atoms with Gasteiger partial charge in [0.1, 0.15) is 5.56 Å². The Morgan fingerprint density at radius 1 is 1.35 bits per heavy atom. The predicted molar refractivity (Wildman–Crippen MR) is 79.0 cm³/mol. The van der Waals surface area contributed by atoms with Crippen molar-refractivity contribution >= 4 is 21.9 Å². The van der Waals surface area contributed by atoms with Crippen LogP contribution in [0.4, 0.5) is 0 Å². The van der Waals surface area contributed by atoms with Crippen molar-refractivity contribution in [2.75, 3.05) is 0 Å². The molecule has 0 amide bonds. The predicted octanol–water partition coefficient (Wildman–Crippen LogP) is 3.02. The third-order valence-electron chi connectivity index (χ3n) is 2.88. The first-order chi connectivity index (χ1) is 9.41. The number of hydrogen-bond donors (Lipinski definition) is 2. The molecule has 104 valence electrons. The zero-order valence-electron chi connectivity index (χ0n) is 11.0. The number of nitrogens with one attached hydrogen (secondary N) is 1. The smallest absolute Gasteiger partial charge is 0.345 e. The number of carboxylic acid groups (broad SMARTS) is 1. The Morgan fingerprint density at radius 3 is 2.55 bits per heavy atom. The summed E-state index contributed by atoms with van der Waals surface area (Å²) in [6.45, 7) is 3.64. The molecule has 0 saturated carbocycles. The fraction of sp³-hybridized carbons (Fsp3) is 0.214. The van der Waals surface area contributed by atoms with Crippen LogP contribution >= 0.6 is 15.9 Å². The average molecular weight is 337 g/mol. The Balaban J connectivity index is 2.86. The van der Waals surface area contributed by atoms with Crippen molar-refractivity contribution in [3.63, 3.8) is 0 Å². The van der Waals surface area contributed by atoms with Gasteiger partial charge in [0.2, 0.25) is 0 Å². The van der Waals surface area contributed by atoms with Crippen LogP contribution in [0.5, 0.6) is 0 Å². The monoisotopic (exact) mass is 336 g/mol. The summed E-state index contributed by atoms with van der Waals surface area (Å²) in [5.41, 5.74) is 0.620. The molecule has 0 atom stereocenters. The summed E-state index contributed by atoms with van der Waals surface area (Å²) in [7, 11) is 0. The highest BCUT2D eigenvalue weighted by Crippen LogP contribution is 2.31. The van der Waals surface area contributed by atoms with E-state index in [0.717, 1.165) is 0 Å². The number of rotatable bonds is 3. The average Bonchev–Trinajstić information content (AvgIpc) is 2.37. The summed E-state index contributed by atoms with van der Waals surface area (Å²) >= 11 is 3.36. The number of H-pyrrole nitrogens is 1. The molecule has 1 aromatic heterocycles. The summed E-state index contributed by atoms with van der Waals surface area (Å²) in [5.74, 6) is -1.23. The zero-order valence-corrected chi connectivity index (χ0v) is 12.6. The molecule has 1 aromatic carbocycles. The Morgan fingerprint density at radius 2 is 2.00 bits per heavy atom. The van der Waals surface area contributed by atoms with Crippen LogP contribution in [0.2, 0.25) is 0 Å². The topological polar surface area (TPSA) is 83.0 Å². The van der Waals surface area contributed by atoms with Crippen molar-refractivity contribution in [1.82, 2.24) is 9.97 Å². The van der Waals surface area contributed by atoms with Gasteiger partial charge >= 0.3 is 11.7 Å². The second-order valence-corrected chi connectivity index (χ2v) is 5.47. The molecule has 0 unspecified atom stereocenters. The van der Waals surface area contributed by atoms with Crippen LogP contribution in [0.1, 0.15) is 35.8 Å². The van der Waals surface area contributed by atoms with E-state index < -0.39 is 11.7 Å². The minimum absolute atomic E-state index is 0.0338. The fourth-order valence-electron chi connectivity index (χ4n) is 1.99. The lowest BCUT2D eigenvalue weighted by Crippen LogP contribution is -2.20.